The van der Waals surface area contributed by atoms with Gasteiger partial charge in [0.1, 0.15) is 0 Å². The van der Waals surface area contributed by atoms with Crippen LogP contribution in [-0.4, -0.2) is 31.1 Å². The Hall–Kier alpha value is -1.10. The van der Waals surface area contributed by atoms with Crippen molar-refractivity contribution >= 4 is 11.9 Å². The van der Waals surface area contributed by atoms with Gasteiger partial charge in [-0.15, -0.1) is 0 Å². The first-order valence-electron chi connectivity index (χ1n) is 4.57. The quantitative estimate of drug-likeness (QED) is 0.498. The van der Waals surface area contributed by atoms with E-state index in [0.717, 1.165) is 19.5 Å². The van der Waals surface area contributed by atoms with E-state index in [-0.39, 0.29) is 18.0 Å². The first-order chi connectivity index (χ1) is 6.25. The summed E-state index contributed by atoms with van der Waals surface area (Å²) in [7, 11) is 0. The lowest BCUT2D eigenvalue weighted by molar-refractivity contribution is -0.121. The Balaban J connectivity index is 1.97. The van der Waals surface area contributed by atoms with Crippen LogP contribution in [0.3, 0.4) is 0 Å². The van der Waals surface area contributed by atoms with Crippen LogP contribution in [0, 0.1) is 5.92 Å². The van der Waals surface area contributed by atoms with E-state index in [2.05, 4.69) is 16.0 Å². The Morgan fingerprint density at radius 1 is 1.31 bits per heavy atom. The van der Waals surface area contributed by atoms with Crippen molar-refractivity contribution in [2.24, 2.45) is 5.92 Å². The maximum absolute atomic E-state index is 11.0. The van der Waals surface area contributed by atoms with Gasteiger partial charge < -0.3 is 10.6 Å². The van der Waals surface area contributed by atoms with Crippen LogP contribution >= 0.6 is 0 Å². The number of hydrogen-bond donors (Lipinski definition) is 3. The van der Waals surface area contributed by atoms with E-state index in [1.165, 1.54) is 0 Å². The number of rotatable bonds is 1. The minimum atomic E-state index is -0.354. The first-order valence-corrected chi connectivity index (χ1v) is 4.57. The molecule has 2 rings (SSSR count). The molecule has 72 valence electrons. The van der Waals surface area contributed by atoms with Crippen molar-refractivity contribution in [3.05, 3.63) is 0 Å². The molecular formula is C8H13N3O2. The minimum Gasteiger partial charge on any atom is -0.334 e. The number of hydrogen-bond acceptors (Lipinski definition) is 3. The summed E-state index contributed by atoms with van der Waals surface area (Å²) in [5.74, 6) is 0.246. The Morgan fingerprint density at radius 2 is 2.15 bits per heavy atom. The lowest BCUT2D eigenvalue weighted by atomic mass is 9.95. The van der Waals surface area contributed by atoms with Crippen molar-refractivity contribution in [2.75, 3.05) is 13.1 Å². The SMILES string of the molecule is O=C1CC(C2CCNC2)NC(=O)N1. The standard InChI is InChI=1S/C8H13N3O2/c12-7-3-6(10-8(13)11-7)5-1-2-9-4-5/h5-6,9H,1-4H2,(H2,10,11,12,13). The van der Waals surface area contributed by atoms with Crippen LogP contribution in [0.25, 0.3) is 0 Å². The first kappa shape index (κ1) is 8.50. The molecule has 0 aromatic rings. The Morgan fingerprint density at radius 3 is 2.77 bits per heavy atom. The van der Waals surface area contributed by atoms with Crippen molar-refractivity contribution in [3.63, 3.8) is 0 Å². The summed E-state index contributed by atoms with van der Waals surface area (Å²) in [5.41, 5.74) is 0. The molecule has 2 fully saturated rings. The monoisotopic (exact) mass is 183 g/mol. The van der Waals surface area contributed by atoms with E-state index >= 15 is 0 Å². The highest BCUT2D eigenvalue weighted by Crippen LogP contribution is 2.16. The fourth-order valence-electron chi connectivity index (χ4n) is 1.94. The topological polar surface area (TPSA) is 70.2 Å². The molecule has 3 N–H and O–H groups in total. The molecule has 5 nitrogen and oxygen atoms in total. The zero-order valence-electron chi connectivity index (χ0n) is 7.30. The van der Waals surface area contributed by atoms with Crippen LogP contribution in [-0.2, 0) is 4.79 Å². The van der Waals surface area contributed by atoms with Crippen LogP contribution in [0.15, 0.2) is 0 Å². The number of imide groups is 1. The third-order valence-electron chi connectivity index (χ3n) is 2.64. The molecule has 0 bridgehead atoms. The fraction of sp³-hybridized carbons (Fsp3) is 0.750. The van der Waals surface area contributed by atoms with Gasteiger partial charge in [-0.25, -0.2) is 4.79 Å². The van der Waals surface area contributed by atoms with Crippen LogP contribution in [0.2, 0.25) is 0 Å². The maximum atomic E-state index is 11.0. The van der Waals surface area contributed by atoms with Crippen LogP contribution in [0.4, 0.5) is 4.79 Å². The van der Waals surface area contributed by atoms with Crippen LogP contribution in [0.1, 0.15) is 12.8 Å². The maximum Gasteiger partial charge on any atom is 0.321 e. The molecule has 2 saturated heterocycles. The number of urea groups is 1. The molecule has 3 amide bonds. The predicted molar refractivity (Wildman–Crippen MR) is 46.1 cm³/mol. The fourth-order valence-corrected chi connectivity index (χ4v) is 1.94. The molecule has 0 aromatic heterocycles. The zero-order valence-corrected chi connectivity index (χ0v) is 7.30. The Labute approximate surface area is 76.3 Å². The molecule has 5 heteroatoms. The predicted octanol–water partition coefficient (Wildman–Crippen LogP) is -0.806. The second-order valence-corrected chi connectivity index (χ2v) is 3.59. The molecular weight excluding hydrogens is 170 g/mol. The van der Waals surface area contributed by atoms with E-state index in [1.54, 1.807) is 0 Å². The highest BCUT2D eigenvalue weighted by molar-refractivity contribution is 5.97. The van der Waals surface area contributed by atoms with Crippen molar-refractivity contribution in [2.45, 2.75) is 18.9 Å². The summed E-state index contributed by atoms with van der Waals surface area (Å²) in [6.07, 6.45) is 1.45. The molecule has 0 spiro atoms. The van der Waals surface area contributed by atoms with Gasteiger partial charge in [0, 0.05) is 12.5 Å². The van der Waals surface area contributed by atoms with Gasteiger partial charge >= 0.3 is 6.03 Å². The molecule has 0 radical (unpaired) electrons. The van der Waals surface area contributed by atoms with E-state index in [9.17, 15) is 9.59 Å². The average Bonchev–Trinajstić information content (AvgIpc) is 2.53. The molecule has 2 aliphatic heterocycles. The van der Waals surface area contributed by atoms with E-state index in [0.29, 0.717) is 12.3 Å². The van der Waals surface area contributed by atoms with Gasteiger partial charge in [-0.2, -0.15) is 0 Å². The van der Waals surface area contributed by atoms with Gasteiger partial charge in [-0.1, -0.05) is 0 Å². The summed E-state index contributed by atoms with van der Waals surface area (Å²) in [6, 6.07) is -0.329. The normalized spacial score (nSPS) is 34.2. The van der Waals surface area contributed by atoms with E-state index in [4.69, 9.17) is 0 Å². The van der Waals surface area contributed by atoms with Gasteiger partial charge in [0.2, 0.25) is 5.91 Å². The zero-order chi connectivity index (χ0) is 9.26. The molecule has 2 unspecified atom stereocenters. The third-order valence-corrected chi connectivity index (χ3v) is 2.64. The molecule has 0 aromatic carbocycles. The second kappa shape index (κ2) is 3.33. The lowest BCUT2D eigenvalue weighted by Gasteiger charge is -2.27. The number of carbonyl (C=O) groups excluding carboxylic acids is 2. The smallest absolute Gasteiger partial charge is 0.321 e. The third kappa shape index (κ3) is 1.80. The number of carbonyl (C=O) groups is 2. The van der Waals surface area contributed by atoms with Gasteiger partial charge in [-0.3, -0.25) is 10.1 Å². The van der Waals surface area contributed by atoms with E-state index < -0.39 is 0 Å². The summed E-state index contributed by atoms with van der Waals surface area (Å²) >= 11 is 0. The van der Waals surface area contributed by atoms with Gasteiger partial charge in [0.05, 0.1) is 0 Å². The van der Waals surface area contributed by atoms with Gasteiger partial charge in [0.25, 0.3) is 0 Å². The van der Waals surface area contributed by atoms with Crippen molar-refractivity contribution in [1.82, 2.24) is 16.0 Å². The van der Waals surface area contributed by atoms with Gasteiger partial charge in [0.15, 0.2) is 0 Å². The molecule has 0 aliphatic carbocycles. The molecule has 2 aliphatic rings. The molecule has 0 saturated carbocycles. The number of nitrogens with one attached hydrogen (secondary N) is 3. The van der Waals surface area contributed by atoms with Crippen molar-refractivity contribution in [1.29, 1.82) is 0 Å². The summed E-state index contributed by atoms with van der Waals surface area (Å²) in [6.45, 7) is 1.89. The second-order valence-electron chi connectivity index (χ2n) is 3.59. The summed E-state index contributed by atoms with van der Waals surface area (Å²) in [4.78, 5) is 22.0. The number of amides is 3. The summed E-state index contributed by atoms with van der Waals surface area (Å²) in [5, 5.41) is 8.22. The van der Waals surface area contributed by atoms with Crippen LogP contribution < -0.4 is 16.0 Å². The minimum absolute atomic E-state index is 0.0243. The van der Waals surface area contributed by atoms with Gasteiger partial charge in [-0.05, 0) is 25.4 Å². The van der Waals surface area contributed by atoms with Crippen molar-refractivity contribution in [3.8, 4) is 0 Å². The lowest BCUT2D eigenvalue weighted by Crippen LogP contribution is -2.55. The van der Waals surface area contributed by atoms with E-state index in [1.807, 2.05) is 0 Å². The van der Waals surface area contributed by atoms with Crippen LogP contribution in [0.5, 0.6) is 0 Å². The Bertz CT molecular complexity index is 220. The molecule has 2 atom stereocenters. The Kier molecular flexibility index (Phi) is 2.18. The highest BCUT2D eigenvalue weighted by Gasteiger charge is 2.31. The molecule has 13 heavy (non-hydrogen) atoms. The average molecular weight is 183 g/mol. The highest BCUT2D eigenvalue weighted by atomic mass is 16.2. The summed E-state index contributed by atoms with van der Waals surface area (Å²) < 4.78 is 0. The van der Waals surface area contributed by atoms with Crippen molar-refractivity contribution < 1.29 is 9.59 Å². The largest absolute Gasteiger partial charge is 0.334 e. The molecule has 2 heterocycles.